The monoisotopic (exact) mass is 342 g/mol. The number of benzene rings is 1. The van der Waals surface area contributed by atoms with Crippen LogP contribution < -0.4 is 5.32 Å². The van der Waals surface area contributed by atoms with Crippen LogP contribution in [0.25, 0.3) is 0 Å². The summed E-state index contributed by atoms with van der Waals surface area (Å²) in [6.45, 7) is 8.81. The third-order valence-corrected chi connectivity index (χ3v) is 4.36. The predicted molar refractivity (Wildman–Crippen MR) is 96.0 cm³/mol. The number of carbonyl (C=O) groups excluding carboxylic acids is 1. The fourth-order valence-electron chi connectivity index (χ4n) is 3.22. The lowest BCUT2D eigenvalue weighted by atomic mass is 10.1. The minimum absolute atomic E-state index is 0.117. The largest absolute Gasteiger partial charge is 0.508 e. The van der Waals surface area contributed by atoms with Crippen LogP contribution in [0, 0.1) is 5.92 Å². The molecule has 1 aromatic carbocycles. The van der Waals surface area contributed by atoms with E-state index in [1.807, 2.05) is 10.7 Å². The first-order valence-electron chi connectivity index (χ1n) is 8.83. The highest BCUT2D eigenvalue weighted by molar-refractivity contribution is 5.79. The van der Waals surface area contributed by atoms with E-state index >= 15 is 0 Å². The lowest BCUT2D eigenvalue weighted by Gasteiger charge is -2.28. The zero-order valence-corrected chi connectivity index (χ0v) is 14.9. The number of nitrogens with zero attached hydrogens (tertiary/aromatic N) is 3. The summed E-state index contributed by atoms with van der Waals surface area (Å²) >= 11 is 0. The minimum atomic E-state index is -0.117. The molecular formula is C19H26N4O2. The van der Waals surface area contributed by atoms with E-state index in [1.165, 1.54) is 5.69 Å². The number of phenolic OH excluding ortho intramolecular Hbond substituents is 1. The molecule has 0 unspecified atom stereocenters. The number of rotatable bonds is 6. The van der Waals surface area contributed by atoms with Gasteiger partial charge in [0.1, 0.15) is 5.75 Å². The van der Waals surface area contributed by atoms with Crippen LogP contribution in [-0.2, 0) is 30.8 Å². The fraction of sp³-hybridized carbons (Fsp3) is 0.474. The molecule has 25 heavy (non-hydrogen) atoms. The van der Waals surface area contributed by atoms with Crippen LogP contribution in [0.1, 0.15) is 30.8 Å². The van der Waals surface area contributed by atoms with Crippen molar-refractivity contribution in [3.8, 4) is 5.75 Å². The number of hydrogen-bond acceptors (Lipinski definition) is 4. The first kappa shape index (κ1) is 17.5. The molecule has 6 nitrogen and oxygen atoms in total. The Bertz CT molecular complexity index is 739. The average Bonchev–Trinajstić information content (AvgIpc) is 2.97. The molecule has 2 N–H and O–H groups in total. The number of aromatic hydroxyl groups is 1. The Morgan fingerprint density at radius 3 is 2.88 bits per heavy atom. The Hall–Kier alpha value is -2.34. The van der Waals surface area contributed by atoms with Crippen LogP contribution in [0.15, 0.2) is 30.3 Å². The van der Waals surface area contributed by atoms with Crippen LogP contribution in [0.4, 0.5) is 0 Å². The van der Waals surface area contributed by atoms with E-state index in [1.54, 1.807) is 18.2 Å². The molecule has 134 valence electrons. The molecule has 0 saturated carbocycles. The fourth-order valence-corrected chi connectivity index (χ4v) is 3.22. The number of para-hydroxylation sites is 1. The number of hydrogen-bond donors (Lipinski definition) is 2. The van der Waals surface area contributed by atoms with Crippen molar-refractivity contribution in [2.24, 2.45) is 5.92 Å². The predicted octanol–water partition coefficient (Wildman–Crippen LogP) is 1.92. The molecule has 0 bridgehead atoms. The first-order chi connectivity index (χ1) is 12.0. The molecule has 3 rings (SSSR count). The smallest absolute Gasteiger partial charge is 0.224 e. The van der Waals surface area contributed by atoms with Gasteiger partial charge in [0.05, 0.1) is 30.9 Å². The number of nitrogens with one attached hydrogen (secondary N) is 1. The molecule has 0 aliphatic carbocycles. The highest BCUT2D eigenvalue weighted by atomic mass is 16.3. The molecule has 0 radical (unpaired) electrons. The first-order valence-corrected chi connectivity index (χ1v) is 8.83. The third kappa shape index (κ3) is 4.60. The van der Waals surface area contributed by atoms with Gasteiger partial charge in [-0.25, -0.2) is 0 Å². The number of amides is 1. The third-order valence-electron chi connectivity index (χ3n) is 4.36. The molecule has 2 aromatic rings. The van der Waals surface area contributed by atoms with Crippen molar-refractivity contribution in [2.75, 3.05) is 13.1 Å². The second-order valence-corrected chi connectivity index (χ2v) is 7.06. The SMILES string of the molecule is CC(C)CN1CCn2nc(CNC(=O)Cc3ccccc3O)cc2C1. The lowest BCUT2D eigenvalue weighted by molar-refractivity contribution is -0.120. The maximum atomic E-state index is 12.1. The van der Waals surface area contributed by atoms with Gasteiger partial charge < -0.3 is 10.4 Å². The lowest BCUT2D eigenvalue weighted by Crippen LogP contribution is -2.36. The molecule has 0 atom stereocenters. The Morgan fingerprint density at radius 2 is 2.12 bits per heavy atom. The van der Waals surface area contributed by atoms with Crippen molar-refractivity contribution < 1.29 is 9.90 Å². The molecule has 0 spiro atoms. The van der Waals surface area contributed by atoms with E-state index in [0.717, 1.165) is 31.9 Å². The highest BCUT2D eigenvalue weighted by Crippen LogP contribution is 2.17. The van der Waals surface area contributed by atoms with Gasteiger partial charge in [0, 0.05) is 25.2 Å². The van der Waals surface area contributed by atoms with Gasteiger partial charge in [-0.15, -0.1) is 0 Å². The molecule has 1 amide bonds. The second-order valence-electron chi connectivity index (χ2n) is 7.06. The number of carbonyl (C=O) groups is 1. The Labute approximate surface area is 148 Å². The standard InChI is InChI=1S/C19H26N4O2/c1-14(2)12-22-7-8-23-17(13-22)10-16(21-23)11-20-19(25)9-15-5-3-4-6-18(15)24/h3-6,10,14,24H,7-9,11-13H2,1-2H3,(H,20,25). The van der Waals surface area contributed by atoms with Crippen molar-refractivity contribution in [2.45, 2.75) is 39.9 Å². The van der Waals surface area contributed by atoms with Gasteiger partial charge in [-0.1, -0.05) is 32.0 Å². The van der Waals surface area contributed by atoms with E-state index < -0.39 is 0 Å². The Balaban J connectivity index is 1.54. The summed E-state index contributed by atoms with van der Waals surface area (Å²) in [5, 5.41) is 17.2. The van der Waals surface area contributed by atoms with E-state index in [2.05, 4.69) is 35.2 Å². The van der Waals surface area contributed by atoms with Crippen molar-refractivity contribution in [1.29, 1.82) is 0 Å². The van der Waals surface area contributed by atoms with E-state index in [9.17, 15) is 9.90 Å². The van der Waals surface area contributed by atoms with Crippen LogP contribution in [0.3, 0.4) is 0 Å². The second kappa shape index (κ2) is 7.70. The van der Waals surface area contributed by atoms with Gasteiger partial charge >= 0.3 is 0 Å². The molecule has 1 aliphatic heterocycles. The maximum Gasteiger partial charge on any atom is 0.224 e. The van der Waals surface area contributed by atoms with Gasteiger partial charge in [-0.3, -0.25) is 14.4 Å². The van der Waals surface area contributed by atoms with Gasteiger partial charge in [0.25, 0.3) is 0 Å². The molecule has 6 heteroatoms. The topological polar surface area (TPSA) is 70.4 Å². The summed E-state index contributed by atoms with van der Waals surface area (Å²) in [7, 11) is 0. The number of aromatic nitrogens is 2. The zero-order valence-electron chi connectivity index (χ0n) is 14.9. The van der Waals surface area contributed by atoms with Crippen LogP contribution in [0.5, 0.6) is 5.75 Å². The summed E-state index contributed by atoms with van der Waals surface area (Å²) in [4.78, 5) is 14.5. The summed E-state index contributed by atoms with van der Waals surface area (Å²) in [5.74, 6) is 0.692. The van der Waals surface area contributed by atoms with Crippen molar-refractivity contribution in [3.63, 3.8) is 0 Å². The Kier molecular flexibility index (Phi) is 5.38. The van der Waals surface area contributed by atoms with E-state index in [-0.39, 0.29) is 18.1 Å². The number of phenols is 1. The van der Waals surface area contributed by atoms with E-state index in [0.29, 0.717) is 18.0 Å². The van der Waals surface area contributed by atoms with Crippen LogP contribution in [-0.4, -0.2) is 38.8 Å². The van der Waals surface area contributed by atoms with Crippen LogP contribution in [0.2, 0.25) is 0 Å². The van der Waals surface area contributed by atoms with Gasteiger partial charge in [-0.2, -0.15) is 5.10 Å². The summed E-state index contributed by atoms with van der Waals surface area (Å²) < 4.78 is 2.04. The van der Waals surface area contributed by atoms with Gasteiger partial charge in [0.15, 0.2) is 0 Å². The molecule has 0 fully saturated rings. The molecule has 1 aromatic heterocycles. The maximum absolute atomic E-state index is 12.1. The minimum Gasteiger partial charge on any atom is -0.508 e. The number of fused-ring (bicyclic) bond motifs is 1. The summed E-state index contributed by atoms with van der Waals surface area (Å²) in [5.41, 5.74) is 2.72. The molecular weight excluding hydrogens is 316 g/mol. The summed E-state index contributed by atoms with van der Waals surface area (Å²) in [6.07, 6.45) is 0.169. The highest BCUT2D eigenvalue weighted by Gasteiger charge is 2.19. The van der Waals surface area contributed by atoms with Crippen molar-refractivity contribution >= 4 is 5.91 Å². The summed E-state index contributed by atoms with van der Waals surface area (Å²) in [6, 6.07) is 8.99. The van der Waals surface area contributed by atoms with Gasteiger partial charge in [0.2, 0.25) is 5.91 Å². The average molecular weight is 342 g/mol. The van der Waals surface area contributed by atoms with Crippen molar-refractivity contribution in [3.05, 3.63) is 47.3 Å². The zero-order chi connectivity index (χ0) is 17.8. The Morgan fingerprint density at radius 1 is 1.32 bits per heavy atom. The van der Waals surface area contributed by atoms with E-state index in [4.69, 9.17) is 0 Å². The quantitative estimate of drug-likeness (QED) is 0.841. The molecule has 1 aliphatic rings. The normalized spacial score (nSPS) is 14.5. The van der Waals surface area contributed by atoms with Crippen molar-refractivity contribution in [1.82, 2.24) is 20.0 Å². The molecule has 0 saturated heterocycles. The van der Waals surface area contributed by atoms with Crippen LogP contribution >= 0.6 is 0 Å². The molecule has 2 heterocycles. The van der Waals surface area contributed by atoms with Gasteiger partial charge in [-0.05, 0) is 18.1 Å².